The lowest BCUT2D eigenvalue weighted by Gasteiger charge is -2.12. The molecule has 2 amide bonds. The fourth-order valence-corrected chi connectivity index (χ4v) is 2.33. The number of carbonyl (C=O) groups excluding carboxylic acids is 2. The van der Waals surface area contributed by atoms with E-state index in [0.717, 1.165) is 0 Å². The Labute approximate surface area is 169 Å². The molecule has 2 aromatic carbocycles. The summed E-state index contributed by atoms with van der Waals surface area (Å²) in [6.07, 6.45) is -1.81. The molecule has 0 saturated carbocycles. The normalized spacial score (nSPS) is 10.2. The Balaban J connectivity index is 1.80. The molecule has 0 aliphatic rings. The SMILES string of the molecule is O=C(Nc1cccc(Cl)c1)OCC(COC(=O)Nc1cccc(Cl)c1)[N+](=O)[O-]. The van der Waals surface area contributed by atoms with Crippen LogP contribution in [-0.4, -0.2) is 36.4 Å². The van der Waals surface area contributed by atoms with Crippen molar-refractivity contribution >= 4 is 46.8 Å². The topological polar surface area (TPSA) is 120 Å². The number of amides is 2. The Morgan fingerprint density at radius 1 is 0.929 bits per heavy atom. The van der Waals surface area contributed by atoms with E-state index >= 15 is 0 Å². The van der Waals surface area contributed by atoms with Gasteiger partial charge < -0.3 is 9.47 Å². The molecule has 0 spiro atoms. The summed E-state index contributed by atoms with van der Waals surface area (Å²) in [7, 11) is 0. The van der Waals surface area contributed by atoms with Crippen LogP contribution in [0.5, 0.6) is 0 Å². The number of halogens is 2. The second kappa shape index (κ2) is 10.3. The van der Waals surface area contributed by atoms with E-state index in [1.807, 2.05) is 0 Å². The maximum atomic E-state index is 11.7. The molecule has 9 nitrogen and oxygen atoms in total. The highest BCUT2D eigenvalue weighted by Crippen LogP contribution is 2.16. The average molecular weight is 428 g/mol. The number of rotatable bonds is 7. The highest BCUT2D eigenvalue weighted by molar-refractivity contribution is 6.31. The van der Waals surface area contributed by atoms with E-state index in [-0.39, 0.29) is 0 Å². The predicted octanol–water partition coefficient (Wildman–Crippen LogP) is 4.44. The largest absolute Gasteiger partial charge is 0.442 e. The first-order valence-electron chi connectivity index (χ1n) is 7.85. The fourth-order valence-electron chi connectivity index (χ4n) is 1.95. The van der Waals surface area contributed by atoms with Crippen molar-refractivity contribution in [2.75, 3.05) is 23.8 Å². The summed E-state index contributed by atoms with van der Waals surface area (Å²) >= 11 is 11.6. The lowest BCUT2D eigenvalue weighted by molar-refractivity contribution is -0.527. The van der Waals surface area contributed by atoms with Gasteiger partial charge in [0.05, 0.1) is 0 Å². The Morgan fingerprint density at radius 3 is 1.71 bits per heavy atom. The maximum Gasteiger partial charge on any atom is 0.411 e. The molecule has 2 N–H and O–H groups in total. The molecular formula is C17H15Cl2N3O6. The second-order valence-corrected chi connectivity index (χ2v) is 6.28. The van der Waals surface area contributed by atoms with E-state index in [9.17, 15) is 19.7 Å². The zero-order valence-electron chi connectivity index (χ0n) is 14.3. The van der Waals surface area contributed by atoms with Gasteiger partial charge in [0.2, 0.25) is 0 Å². The fraction of sp³-hybridized carbons (Fsp3) is 0.176. The van der Waals surface area contributed by atoms with Gasteiger partial charge in [0.25, 0.3) is 6.04 Å². The number of benzene rings is 2. The maximum absolute atomic E-state index is 11.7. The quantitative estimate of drug-likeness (QED) is 0.497. The van der Waals surface area contributed by atoms with Gasteiger partial charge in [-0.25, -0.2) is 9.59 Å². The van der Waals surface area contributed by atoms with Gasteiger partial charge in [-0.15, -0.1) is 0 Å². The van der Waals surface area contributed by atoms with Crippen LogP contribution in [0.25, 0.3) is 0 Å². The van der Waals surface area contributed by atoms with Crippen molar-refractivity contribution in [3.05, 3.63) is 68.7 Å². The van der Waals surface area contributed by atoms with Crippen molar-refractivity contribution in [3.8, 4) is 0 Å². The van der Waals surface area contributed by atoms with Crippen molar-refractivity contribution in [1.82, 2.24) is 0 Å². The smallest absolute Gasteiger partial charge is 0.411 e. The van der Waals surface area contributed by atoms with E-state index in [2.05, 4.69) is 10.6 Å². The third kappa shape index (κ3) is 7.29. The lowest BCUT2D eigenvalue weighted by atomic mass is 10.3. The van der Waals surface area contributed by atoms with E-state index in [4.69, 9.17) is 32.7 Å². The van der Waals surface area contributed by atoms with Crippen molar-refractivity contribution in [1.29, 1.82) is 0 Å². The Bertz CT molecular complexity index is 801. The zero-order chi connectivity index (χ0) is 20.5. The summed E-state index contributed by atoms with van der Waals surface area (Å²) in [5.74, 6) is 0. The molecule has 2 aromatic rings. The first kappa shape index (κ1) is 21.3. The van der Waals surface area contributed by atoms with Crippen molar-refractivity contribution < 1.29 is 24.0 Å². The van der Waals surface area contributed by atoms with Gasteiger partial charge in [-0.1, -0.05) is 35.3 Å². The standard InChI is InChI=1S/C17H15Cl2N3O6/c18-11-3-1-5-13(7-11)20-16(23)27-9-15(22(25)26)10-28-17(24)21-14-6-2-4-12(19)8-14/h1-8,15H,9-10H2,(H,20,23)(H,21,24). The van der Waals surface area contributed by atoms with E-state index < -0.39 is 36.4 Å². The molecule has 2 rings (SSSR count). The van der Waals surface area contributed by atoms with Gasteiger partial charge in [-0.2, -0.15) is 0 Å². The predicted molar refractivity (Wildman–Crippen MR) is 104 cm³/mol. The van der Waals surface area contributed by atoms with Crippen molar-refractivity contribution in [3.63, 3.8) is 0 Å². The molecule has 11 heteroatoms. The molecule has 0 heterocycles. The van der Waals surface area contributed by atoms with Gasteiger partial charge >= 0.3 is 12.2 Å². The highest BCUT2D eigenvalue weighted by atomic mass is 35.5. The average Bonchev–Trinajstić information content (AvgIpc) is 2.61. The lowest BCUT2D eigenvalue weighted by Crippen LogP contribution is -2.34. The molecule has 148 valence electrons. The molecule has 28 heavy (non-hydrogen) atoms. The number of hydrogen-bond acceptors (Lipinski definition) is 6. The van der Waals surface area contributed by atoms with Gasteiger partial charge in [0.15, 0.2) is 13.2 Å². The monoisotopic (exact) mass is 427 g/mol. The van der Waals surface area contributed by atoms with Crippen LogP contribution in [0.4, 0.5) is 21.0 Å². The van der Waals surface area contributed by atoms with E-state index in [1.54, 1.807) is 36.4 Å². The first-order chi connectivity index (χ1) is 13.3. The van der Waals surface area contributed by atoms with Crippen LogP contribution in [0, 0.1) is 10.1 Å². The van der Waals surface area contributed by atoms with Crippen LogP contribution in [0.2, 0.25) is 10.0 Å². The second-order valence-electron chi connectivity index (χ2n) is 5.41. The summed E-state index contributed by atoms with van der Waals surface area (Å²) in [5.41, 5.74) is 0.736. The van der Waals surface area contributed by atoms with Crippen LogP contribution in [0.3, 0.4) is 0 Å². The Hall–Kier alpha value is -3.04. The van der Waals surface area contributed by atoms with E-state index in [0.29, 0.717) is 21.4 Å². The number of nitro groups is 1. The summed E-state index contributed by atoms with van der Waals surface area (Å²) in [6, 6.07) is 11.1. The van der Waals surface area contributed by atoms with Gasteiger partial charge in [-0.3, -0.25) is 20.7 Å². The third-order valence-corrected chi connectivity index (χ3v) is 3.72. The van der Waals surface area contributed by atoms with Gasteiger partial charge in [-0.05, 0) is 36.4 Å². The molecule has 0 unspecified atom stereocenters. The number of anilines is 2. The number of ether oxygens (including phenoxy) is 2. The molecule has 0 atom stereocenters. The molecule has 0 bridgehead atoms. The Morgan fingerprint density at radius 2 is 1.36 bits per heavy atom. The minimum Gasteiger partial charge on any atom is -0.442 e. The van der Waals surface area contributed by atoms with Gasteiger partial charge in [0, 0.05) is 26.3 Å². The summed E-state index contributed by atoms with van der Waals surface area (Å²) in [5, 5.41) is 16.6. The molecule has 0 fully saturated rings. The van der Waals surface area contributed by atoms with Crippen LogP contribution in [0.15, 0.2) is 48.5 Å². The van der Waals surface area contributed by atoms with Gasteiger partial charge in [0.1, 0.15) is 0 Å². The van der Waals surface area contributed by atoms with Crippen molar-refractivity contribution in [2.24, 2.45) is 0 Å². The number of hydrogen-bond donors (Lipinski definition) is 2. The van der Waals surface area contributed by atoms with Crippen LogP contribution in [0.1, 0.15) is 0 Å². The van der Waals surface area contributed by atoms with Crippen LogP contribution < -0.4 is 10.6 Å². The molecule has 0 aromatic heterocycles. The molecular weight excluding hydrogens is 413 g/mol. The molecule has 0 saturated heterocycles. The number of nitrogens with one attached hydrogen (secondary N) is 2. The first-order valence-corrected chi connectivity index (χ1v) is 8.61. The molecule has 0 radical (unpaired) electrons. The summed E-state index contributed by atoms with van der Waals surface area (Å²) in [6.45, 7) is -1.19. The summed E-state index contributed by atoms with van der Waals surface area (Å²) in [4.78, 5) is 33.8. The molecule has 0 aliphatic carbocycles. The van der Waals surface area contributed by atoms with Crippen LogP contribution >= 0.6 is 23.2 Å². The summed E-state index contributed by atoms with van der Waals surface area (Å²) < 4.78 is 9.62. The van der Waals surface area contributed by atoms with Crippen LogP contribution in [-0.2, 0) is 9.47 Å². The van der Waals surface area contributed by atoms with Crippen molar-refractivity contribution in [2.45, 2.75) is 6.04 Å². The minimum atomic E-state index is -1.43. The Kier molecular flexibility index (Phi) is 7.85. The third-order valence-electron chi connectivity index (χ3n) is 3.25. The molecule has 0 aliphatic heterocycles. The number of carbonyl (C=O) groups is 2. The number of nitrogens with zero attached hydrogens (tertiary/aromatic N) is 1. The zero-order valence-corrected chi connectivity index (χ0v) is 15.8. The van der Waals surface area contributed by atoms with E-state index in [1.165, 1.54) is 12.1 Å². The highest BCUT2D eigenvalue weighted by Gasteiger charge is 2.25. The minimum absolute atomic E-state index is 0.368.